The Kier molecular flexibility index (Phi) is 2.69. The molecule has 0 atom stereocenters. The van der Waals surface area contributed by atoms with Crippen LogP contribution in [0.25, 0.3) is 5.69 Å². The molecule has 0 fully saturated rings. The third-order valence-corrected chi connectivity index (χ3v) is 2.65. The largest absolute Gasteiger partial charge is 0.494 e. The minimum absolute atomic E-state index is 0.289. The summed E-state index contributed by atoms with van der Waals surface area (Å²) in [5.41, 5.74) is 3.06. The Bertz CT molecular complexity index is 497. The van der Waals surface area contributed by atoms with Crippen LogP contribution in [-0.2, 0) is 0 Å². The lowest BCUT2D eigenvalue weighted by Gasteiger charge is -2.13. The van der Waals surface area contributed by atoms with Gasteiger partial charge in [-0.25, -0.2) is 4.39 Å². The van der Waals surface area contributed by atoms with Crippen LogP contribution in [0.4, 0.5) is 4.39 Å². The molecular formula is C13H14FNO. The van der Waals surface area contributed by atoms with Crippen LogP contribution in [0.5, 0.6) is 5.75 Å². The van der Waals surface area contributed by atoms with E-state index in [1.165, 1.54) is 12.1 Å². The molecule has 84 valence electrons. The number of nitrogens with zero attached hydrogens (tertiary/aromatic N) is 1. The molecule has 0 saturated heterocycles. The van der Waals surface area contributed by atoms with E-state index < -0.39 is 0 Å². The summed E-state index contributed by atoms with van der Waals surface area (Å²) in [5.74, 6) is 0.255. The highest BCUT2D eigenvalue weighted by molar-refractivity contribution is 5.49. The zero-order chi connectivity index (χ0) is 11.7. The zero-order valence-electron chi connectivity index (χ0n) is 9.62. The van der Waals surface area contributed by atoms with E-state index in [1.807, 2.05) is 30.5 Å². The van der Waals surface area contributed by atoms with Gasteiger partial charge in [0.05, 0.1) is 12.8 Å². The van der Waals surface area contributed by atoms with Crippen molar-refractivity contribution in [3.8, 4) is 11.4 Å². The normalized spacial score (nSPS) is 10.5. The summed E-state index contributed by atoms with van der Waals surface area (Å²) in [6.45, 7) is 4.02. The van der Waals surface area contributed by atoms with Gasteiger partial charge in [-0.3, -0.25) is 0 Å². The second-order valence-corrected chi connectivity index (χ2v) is 3.77. The summed E-state index contributed by atoms with van der Waals surface area (Å²) >= 11 is 0. The van der Waals surface area contributed by atoms with Crippen molar-refractivity contribution in [2.45, 2.75) is 13.8 Å². The minimum Gasteiger partial charge on any atom is -0.494 e. The standard InChI is InChI=1S/C13H14FNO/c1-9-4-5-10(2)15(9)12-7-6-11(14)8-13(12)16-3/h4-8H,1-3H3. The molecule has 2 nitrogen and oxygen atoms in total. The second kappa shape index (κ2) is 4.00. The number of benzene rings is 1. The molecule has 0 aliphatic rings. The van der Waals surface area contributed by atoms with E-state index in [1.54, 1.807) is 13.2 Å². The van der Waals surface area contributed by atoms with Gasteiger partial charge in [0.1, 0.15) is 11.6 Å². The van der Waals surface area contributed by atoms with Gasteiger partial charge >= 0.3 is 0 Å². The molecule has 0 radical (unpaired) electrons. The SMILES string of the molecule is COc1cc(F)ccc1-n1c(C)ccc1C. The third kappa shape index (κ3) is 1.69. The van der Waals surface area contributed by atoms with Gasteiger partial charge in [0, 0.05) is 17.5 Å². The van der Waals surface area contributed by atoms with Crippen molar-refractivity contribution in [2.24, 2.45) is 0 Å². The Morgan fingerprint density at radius 3 is 2.25 bits per heavy atom. The van der Waals surface area contributed by atoms with Gasteiger partial charge in [-0.05, 0) is 38.1 Å². The smallest absolute Gasteiger partial charge is 0.145 e. The summed E-state index contributed by atoms with van der Waals surface area (Å²) in [4.78, 5) is 0. The van der Waals surface area contributed by atoms with Crippen molar-refractivity contribution in [1.29, 1.82) is 0 Å². The first-order valence-corrected chi connectivity index (χ1v) is 5.12. The predicted octanol–water partition coefficient (Wildman–Crippen LogP) is 3.24. The second-order valence-electron chi connectivity index (χ2n) is 3.77. The average molecular weight is 219 g/mol. The third-order valence-electron chi connectivity index (χ3n) is 2.65. The molecule has 3 heteroatoms. The minimum atomic E-state index is -0.289. The van der Waals surface area contributed by atoms with Gasteiger partial charge in [0.2, 0.25) is 0 Å². The summed E-state index contributed by atoms with van der Waals surface area (Å²) in [5, 5.41) is 0. The van der Waals surface area contributed by atoms with Gasteiger partial charge in [-0.1, -0.05) is 0 Å². The molecule has 0 aliphatic heterocycles. The lowest BCUT2D eigenvalue weighted by Crippen LogP contribution is -2.01. The highest BCUT2D eigenvalue weighted by Gasteiger charge is 2.10. The van der Waals surface area contributed by atoms with Crippen LogP contribution in [0.15, 0.2) is 30.3 Å². The number of aryl methyl sites for hydroxylation is 2. The molecule has 0 amide bonds. The fourth-order valence-corrected chi connectivity index (χ4v) is 1.88. The predicted molar refractivity (Wildman–Crippen MR) is 61.8 cm³/mol. The molecule has 1 aromatic heterocycles. The van der Waals surface area contributed by atoms with Crippen LogP contribution in [0.1, 0.15) is 11.4 Å². The van der Waals surface area contributed by atoms with Crippen LogP contribution in [0, 0.1) is 19.7 Å². The lowest BCUT2D eigenvalue weighted by atomic mass is 10.2. The van der Waals surface area contributed by atoms with Crippen molar-refractivity contribution in [3.05, 3.63) is 47.5 Å². The van der Waals surface area contributed by atoms with Crippen molar-refractivity contribution >= 4 is 0 Å². The number of hydrogen-bond donors (Lipinski definition) is 0. The molecule has 1 aromatic carbocycles. The van der Waals surface area contributed by atoms with Crippen LogP contribution in [0.2, 0.25) is 0 Å². The number of hydrogen-bond acceptors (Lipinski definition) is 1. The molecule has 0 aliphatic carbocycles. The Balaban J connectivity index is 2.64. The van der Waals surface area contributed by atoms with Crippen LogP contribution >= 0.6 is 0 Å². The highest BCUT2D eigenvalue weighted by Crippen LogP contribution is 2.26. The summed E-state index contributed by atoms with van der Waals surface area (Å²) in [6.07, 6.45) is 0. The first-order valence-electron chi connectivity index (χ1n) is 5.12. The van der Waals surface area contributed by atoms with Crippen LogP contribution in [-0.4, -0.2) is 11.7 Å². The molecule has 2 aromatic rings. The van der Waals surface area contributed by atoms with E-state index in [9.17, 15) is 4.39 Å². The van der Waals surface area contributed by atoms with Gasteiger partial charge in [-0.2, -0.15) is 0 Å². The van der Waals surface area contributed by atoms with Gasteiger partial charge in [0.15, 0.2) is 0 Å². The number of aromatic nitrogens is 1. The molecule has 0 bridgehead atoms. The van der Waals surface area contributed by atoms with Crippen LogP contribution < -0.4 is 4.74 Å². The fourth-order valence-electron chi connectivity index (χ4n) is 1.88. The molecule has 0 spiro atoms. The number of methoxy groups -OCH3 is 1. The van der Waals surface area contributed by atoms with Gasteiger partial charge in [0.25, 0.3) is 0 Å². The Morgan fingerprint density at radius 2 is 1.69 bits per heavy atom. The molecule has 16 heavy (non-hydrogen) atoms. The average Bonchev–Trinajstić information content (AvgIpc) is 2.59. The summed E-state index contributed by atoms with van der Waals surface area (Å²) < 4.78 is 20.3. The maximum Gasteiger partial charge on any atom is 0.145 e. The molecule has 2 rings (SSSR count). The maximum absolute atomic E-state index is 13.1. The van der Waals surface area contributed by atoms with E-state index in [0.29, 0.717) is 5.75 Å². The Morgan fingerprint density at radius 1 is 1.06 bits per heavy atom. The lowest BCUT2D eigenvalue weighted by molar-refractivity contribution is 0.409. The van der Waals surface area contributed by atoms with E-state index in [-0.39, 0.29) is 5.82 Å². The summed E-state index contributed by atoms with van der Waals surface area (Å²) in [6, 6.07) is 8.62. The molecular weight excluding hydrogens is 205 g/mol. The van der Waals surface area contributed by atoms with E-state index in [4.69, 9.17) is 4.74 Å². The Labute approximate surface area is 94.3 Å². The topological polar surface area (TPSA) is 14.2 Å². The number of ether oxygens (including phenoxy) is 1. The van der Waals surface area contributed by atoms with E-state index >= 15 is 0 Å². The first-order chi connectivity index (χ1) is 7.63. The quantitative estimate of drug-likeness (QED) is 0.756. The van der Waals surface area contributed by atoms with E-state index in [2.05, 4.69) is 0 Å². The molecule has 0 N–H and O–H groups in total. The van der Waals surface area contributed by atoms with Crippen molar-refractivity contribution < 1.29 is 9.13 Å². The van der Waals surface area contributed by atoms with Gasteiger partial charge in [-0.15, -0.1) is 0 Å². The number of halogens is 1. The van der Waals surface area contributed by atoms with Crippen LogP contribution in [0.3, 0.4) is 0 Å². The van der Waals surface area contributed by atoms with Crippen molar-refractivity contribution in [1.82, 2.24) is 4.57 Å². The van der Waals surface area contributed by atoms with Crippen molar-refractivity contribution in [2.75, 3.05) is 7.11 Å². The Hall–Kier alpha value is -1.77. The monoisotopic (exact) mass is 219 g/mol. The zero-order valence-corrected chi connectivity index (χ0v) is 9.62. The highest BCUT2D eigenvalue weighted by atomic mass is 19.1. The molecule has 0 unspecified atom stereocenters. The molecule has 1 heterocycles. The summed E-state index contributed by atoms with van der Waals surface area (Å²) in [7, 11) is 1.55. The van der Waals surface area contributed by atoms with E-state index in [0.717, 1.165) is 17.1 Å². The van der Waals surface area contributed by atoms with Gasteiger partial charge < -0.3 is 9.30 Å². The first kappa shape index (κ1) is 10.7. The molecule has 0 saturated carbocycles. The fraction of sp³-hybridized carbons (Fsp3) is 0.231. The van der Waals surface area contributed by atoms with Crippen molar-refractivity contribution in [3.63, 3.8) is 0 Å². The maximum atomic E-state index is 13.1. The number of rotatable bonds is 2.